The fraction of sp³-hybridized carbons (Fsp3) is 0.0833. The van der Waals surface area contributed by atoms with Crippen LogP contribution in [-0.2, 0) is 6.61 Å². The standard InChI is InChI=1S/C12H8Br2N2O2S/c13-7-1-2-10(8(14)5-7)18-11-9(6-17)16-3-4-19-12(16)15-11/h1-5,17H,6H2. The minimum absolute atomic E-state index is 0.124. The van der Waals surface area contributed by atoms with Crippen molar-refractivity contribution in [3.05, 3.63) is 44.4 Å². The number of halogens is 2. The van der Waals surface area contributed by atoms with E-state index in [4.69, 9.17) is 4.74 Å². The topological polar surface area (TPSA) is 46.8 Å². The summed E-state index contributed by atoms with van der Waals surface area (Å²) in [5.41, 5.74) is 0.645. The highest BCUT2D eigenvalue weighted by Crippen LogP contribution is 2.34. The zero-order valence-electron chi connectivity index (χ0n) is 9.51. The second kappa shape index (κ2) is 5.24. The van der Waals surface area contributed by atoms with E-state index in [2.05, 4.69) is 36.8 Å². The maximum absolute atomic E-state index is 9.46. The Morgan fingerprint density at radius 3 is 2.95 bits per heavy atom. The SMILES string of the molecule is OCc1c(Oc2ccc(Br)cc2Br)nc2sccn12. The molecule has 2 heterocycles. The molecule has 3 aromatic rings. The van der Waals surface area contributed by atoms with Gasteiger partial charge in [-0.1, -0.05) is 15.9 Å². The lowest BCUT2D eigenvalue weighted by atomic mass is 10.3. The molecular weight excluding hydrogens is 396 g/mol. The number of ether oxygens (including phenoxy) is 1. The normalized spacial score (nSPS) is 11.1. The number of aliphatic hydroxyl groups is 1. The fourth-order valence-electron chi connectivity index (χ4n) is 1.70. The molecule has 4 nitrogen and oxygen atoms in total. The molecule has 19 heavy (non-hydrogen) atoms. The highest BCUT2D eigenvalue weighted by molar-refractivity contribution is 9.11. The van der Waals surface area contributed by atoms with Gasteiger partial charge in [0.1, 0.15) is 11.4 Å². The quantitative estimate of drug-likeness (QED) is 0.712. The largest absolute Gasteiger partial charge is 0.436 e. The number of hydrogen-bond donors (Lipinski definition) is 1. The van der Waals surface area contributed by atoms with Gasteiger partial charge >= 0.3 is 0 Å². The first kappa shape index (κ1) is 13.1. The Hall–Kier alpha value is -0.890. The first-order chi connectivity index (χ1) is 9.19. The van der Waals surface area contributed by atoms with Crippen LogP contribution in [0.3, 0.4) is 0 Å². The van der Waals surface area contributed by atoms with Crippen molar-refractivity contribution in [1.82, 2.24) is 9.38 Å². The van der Waals surface area contributed by atoms with Crippen LogP contribution in [0.15, 0.2) is 38.7 Å². The van der Waals surface area contributed by atoms with Crippen molar-refractivity contribution in [3.8, 4) is 11.6 Å². The lowest BCUT2D eigenvalue weighted by Gasteiger charge is -2.06. The van der Waals surface area contributed by atoms with Gasteiger partial charge in [0, 0.05) is 16.0 Å². The van der Waals surface area contributed by atoms with E-state index in [-0.39, 0.29) is 6.61 Å². The number of hydrogen-bond acceptors (Lipinski definition) is 4. The van der Waals surface area contributed by atoms with Crippen LogP contribution >= 0.6 is 43.2 Å². The molecule has 0 saturated carbocycles. The maximum atomic E-state index is 9.46. The Morgan fingerprint density at radius 1 is 1.37 bits per heavy atom. The number of benzene rings is 1. The number of imidazole rings is 1. The predicted molar refractivity (Wildman–Crippen MR) is 80.9 cm³/mol. The van der Waals surface area contributed by atoms with Crippen molar-refractivity contribution in [2.75, 3.05) is 0 Å². The lowest BCUT2D eigenvalue weighted by Crippen LogP contribution is -1.94. The Labute approximate surface area is 129 Å². The third kappa shape index (κ3) is 2.43. The summed E-state index contributed by atoms with van der Waals surface area (Å²) in [7, 11) is 0. The van der Waals surface area contributed by atoms with Gasteiger partial charge in [0.25, 0.3) is 0 Å². The van der Waals surface area contributed by atoms with E-state index in [1.54, 1.807) is 0 Å². The maximum Gasteiger partial charge on any atom is 0.244 e. The van der Waals surface area contributed by atoms with Gasteiger partial charge in [0.05, 0.1) is 11.1 Å². The molecule has 0 radical (unpaired) electrons. The molecule has 0 unspecified atom stereocenters. The van der Waals surface area contributed by atoms with E-state index in [0.717, 1.165) is 13.9 Å². The van der Waals surface area contributed by atoms with E-state index >= 15 is 0 Å². The average Bonchev–Trinajstić information content (AvgIpc) is 2.92. The van der Waals surface area contributed by atoms with Gasteiger partial charge in [-0.05, 0) is 34.1 Å². The molecule has 98 valence electrons. The molecule has 0 aliphatic rings. The molecule has 2 aromatic heterocycles. The Kier molecular flexibility index (Phi) is 3.62. The van der Waals surface area contributed by atoms with Crippen molar-refractivity contribution < 1.29 is 9.84 Å². The lowest BCUT2D eigenvalue weighted by molar-refractivity contribution is 0.269. The molecule has 0 spiro atoms. The fourth-order valence-corrected chi connectivity index (χ4v) is 3.55. The van der Waals surface area contributed by atoms with E-state index in [0.29, 0.717) is 17.3 Å². The highest BCUT2D eigenvalue weighted by Gasteiger charge is 2.15. The zero-order chi connectivity index (χ0) is 13.4. The highest BCUT2D eigenvalue weighted by atomic mass is 79.9. The van der Waals surface area contributed by atoms with Gasteiger partial charge in [-0.2, -0.15) is 4.98 Å². The third-order valence-corrected chi connectivity index (χ3v) is 4.44. The van der Waals surface area contributed by atoms with Crippen LogP contribution in [0.5, 0.6) is 11.6 Å². The molecule has 7 heteroatoms. The van der Waals surface area contributed by atoms with E-state index in [9.17, 15) is 5.11 Å². The van der Waals surface area contributed by atoms with Gasteiger partial charge in [0.15, 0.2) is 4.96 Å². The van der Waals surface area contributed by atoms with Crippen molar-refractivity contribution in [2.45, 2.75) is 6.61 Å². The molecule has 0 fully saturated rings. The summed E-state index contributed by atoms with van der Waals surface area (Å²) in [6, 6.07) is 5.62. The average molecular weight is 404 g/mol. The van der Waals surface area contributed by atoms with E-state index in [1.807, 2.05) is 34.2 Å². The van der Waals surface area contributed by atoms with Gasteiger partial charge < -0.3 is 9.84 Å². The second-order valence-corrected chi connectivity index (χ2v) is 6.40. The van der Waals surface area contributed by atoms with Crippen LogP contribution in [-0.4, -0.2) is 14.5 Å². The summed E-state index contributed by atoms with van der Waals surface area (Å²) in [5, 5.41) is 11.4. The number of aliphatic hydroxyl groups excluding tert-OH is 1. The van der Waals surface area contributed by atoms with Crippen LogP contribution < -0.4 is 4.74 Å². The van der Waals surface area contributed by atoms with Crippen LogP contribution in [0.25, 0.3) is 4.96 Å². The first-order valence-corrected chi connectivity index (χ1v) is 7.84. The molecule has 3 rings (SSSR count). The summed E-state index contributed by atoms with van der Waals surface area (Å²) in [6.07, 6.45) is 1.86. The summed E-state index contributed by atoms with van der Waals surface area (Å²) in [5.74, 6) is 1.08. The van der Waals surface area contributed by atoms with E-state index < -0.39 is 0 Å². The molecular formula is C12H8Br2N2O2S. The molecule has 0 aliphatic carbocycles. The van der Waals surface area contributed by atoms with E-state index in [1.165, 1.54) is 11.3 Å². The van der Waals surface area contributed by atoms with Gasteiger partial charge in [-0.25, -0.2) is 0 Å². The predicted octanol–water partition coefficient (Wildman–Crippen LogP) is 4.21. The minimum Gasteiger partial charge on any atom is -0.436 e. The summed E-state index contributed by atoms with van der Waals surface area (Å²) in [6.45, 7) is -0.124. The van der Waals surface area contributed by atoms with Crippen molar-refractivity contribution >= 4 is 48.2 Å². The van der Waals surface area contributed by atoms with Crippen molar-refractivity contribution in [2.24, 2.45) is 0 Å². The number of fused-ring (bicyclic) bond motifs is 1. The third-order valence-electron chi connectivity index (χ3n) is 2.57. The molecule has 0 bridgehead atoms. The Bertz CT molecular complexity index is 738. The summed E-state index contributed by atoms with van der Waals surface area (Å²) >= 11 is 8.32. The molecule has 0 aliphatic heterocycles. The smallest absolute Gasteiger partial charge is 0.244 e. The Morgan fingerprint density at radius 2 is 2.21 bits per heavy atom. The minimum atomic E-state index is -0.124. The van der Waals surface area contributed by atoms with Crippen molar-refractivity contribution in [3.63, 3.8) is 0 Å². The van der Waals surface area contributed by atoms with Crippen molar-refractivity contribution in [1.29, 1.82) is 0 Å². The number of rotatable bonds is 3. The van der Waals surface area contributed by atoms with Gasteiger partial charge in [-0.3, -0.25) is 4.40 Å². The second-order valence-electron chi connectivity index (χ2n) is 3.75. The first-order valence-electron chi connectivity index (χ1n) is 5.37. The van der Waals surface area contributed by atoms with Crippen LogP contribution in [0, 0.1) is 0 Å². The molecule has 0 amide bonds. The zero-order valence-corrected chi connectivity index (χ0v) is 13.5. The number of thiazole rings is 1. The van der Waals surface area contributed by atoms with Gasteiger partial charge in [-0.15, -0.1) is 11.3 Å². The molecule has 1 aromatic carbocycles. The van der Waals surface area contributed by atoms with Crippen LogP contribution in [0.1, 0.15) is 5.69 Å². The molecule has 1 N–H and O–H groups in total. The number of nitrogens with zero attached hydrogens (tertiary/aromatic N) is 2. The van der Waals surface area contributed by atoms with Crippen LogP contribution in [0.4, 0.5) is 0 Å². The monoisotopic (exact) mass is 402 g/mol. The summed E-state index contributed by atoms with van der Waals surface area (Å²) in [4.78, 5) is 5.17. The van der Waals surface area contributed by atoms with Gasteiger partial charge in [0.2, 0.25) is 5.88 Å². The molecule has 0 atom stereocenters. The molecule has 0 saturated heterocycles. The number of aromatic nitrogens is 2. The summed E-state index contributed by atoms with van der Waals surface area (Å²) < 4.78 is 9.38. The Balaban J connectivity index is 2.02. The van der Waals surface area contributed by atoms with Crippen LogP contribution in [0.2, 0.25) is 0 Å².